The molecule has 0 aliphatic carbocycles. The smallest absolute Gasteiger partial charge is 0.251 e. The van der Waals surface area contributed by atoms with Gasteiger partial charge < -0.3 is 5.32 Å². The molecule has 18 heavy (non-hydrogen) atoms. The van der Waals surface area contributed by atoms with Crippen LogP contribution in [0, 0.1) is 6.92 Å². The lowest BCUT2D eigenvalue weighted by Crippen LogP contribution is -2.22. The molecule has 2 rings (SSSR count). The number of carbonyl (C=O) groups excluding carboxylic acids is 1. The van der Waals surface area contributed by atoms with Gasteiger partial charge in [0.25, 0.3) is 5.91 Å². The maximum Gasteiger partial charge on any atom is 0.251 e. The van der Waals surface area contributed by atoms with Crippen LogP contribution in [0.4, 0.5) is 0 Å². The van der Waals surface area contributed by atoms with E-state index < -0.39 is 0 Å². The highest BCUT2D eigenvalue weighted by Crippen LogP contribution is 2.23. The van der Waals surface area contributed by atoms with Gasteiger partial charge in [-0.1, -0.05) is 11.6 Å². The minimum absolute atomic E-state index is 0.145. The number of carbonyl (C=O) groups is 1. The quantitative estimate of drug-likeness (QED) is 0.910. The van der Waals surface area contributed by atoms with Crippen molar-refractivity contribution in [3.05, 3.63) is 50.7 Å². The highest BCUT2D eigenvalue weighted by atomic mass is 79.9. The van der Waals surface area contributed by atoms with Gasteiger partial charge >= 0.3 is 0 Å². The Balaban J connectivity index is 2.04. The summed E-state index contributed by atoms with van der Waals surface area (Å²) in [7, 11) is 0. The Labute approximate surface area is 118 Å². The minimum atomic E-state index is -0.145. The molecule has 2 N–H and O–H groups in total. The predicted molar refractivity (Wildman–Crippen MR) is 73.6 cm³/mol. The zero-order valence-electron chi connectivity index (χ0n) is 9.63. The van der Waals surface area contributed by atoms with Gasteiger partial charge in [0.2, 0.25) is 0 Å². The molecule has 2 aromatic rings. The fraction of sp³-hybridized carbons (Fsp3) is 0.167. The standard InChI is InChI=1S/C12H11BrClN3O/c1-7-9(6-16-17-7)5-15-12(18)8-2-3-11(14)10(13)4-8/h2-4,6H,5H2,1H3,(H,15,18)(H,16,17). The Kier molecular flexibility index (Phi) is 4.04. The van der Waals surface area contributed by atoms with Crippen LogP contribution in [-0.4, -0.2) is 16.1 Å². The molecule has 4 nitrogen and oxygen atoms in total. The van der Waals surface area contributed by atoms with Crippen molar-refractivity contribution in [3.63, 3.8) is 0 Å². The third kappa shape index (κ3) is 2.91. The van der Waals surface area contributed by atoms with E-state index >= 15 is 0 Å². The van der Waals surface area contributed by atoms with Gasteiger partial charge in [-0.25, -0.2) is 0 Å². The summed E-state index contributed by atoms with van der Waals surface area (Å²) >= 11 is 9.16. The van der Waals surface area contributed by atoms with E-state index in [0.717, 1.165) is 11.3 Å². The Morgan fingerprint density at radius 1 is 1.56 bits per heavy atom. The third-order valence-corrected chi connectivity index (χ3v) is 3.77. The molecule has 0 atom stereocenters. The molecule has 6 heteroatoms. The summed E-state index contributed by atoms with van der Waals surface area (Å²) in [4.78, 5) is 11.9. The van der Waals surface area contributed by atoms with Gasteiger partial charge in [-0.15, -0.1) is 0 Å². The minimum Gasteiger partial charge on any atom is -0.348 e. The average Bonchev–Trinajstić information content (AvgIpc) is 2.75. The summed E-state index contributed by atoms with van der Waals surface area (Å²) < 4.78 is 0.705. The number of H-pyrrole nitrogens is 1. The lowest BCUT2D eigenvalue weighted by atomic mass is 10.2. The molecule has 0 bridgehead atoms. The molecule has 0 aliphatic heterocycles. The van der Waals surface area contributed by atoms with Crippen LogP contribution in [0.25, 0.3) is 0 Å². The molecule has 1 amide bonds. The molecule has 1 aromatic heterocycles. The second kappa shape index (κ2) is 5.54. The van der Waals surface area contributed by atoms with E-state index in [1.165, 1.54) is 0 Å². The molecule has 94 valence electrons. The number of hydrogen-bond acceptors (Lipinski definition) is 2. The number of hydrogen-bond donors (Lipinski definition) is 2. The summed E-state index contributed by atoms with van der Waals surface area (Å²) in [5.74, 6) is -0.145. The number of rotatable bonds is 3. The molecule has 0 saturated carbocycles. The molecule has 0 spiro atoms. The van der Waals surface area contributed by atoms with Crippen molar-refractivity contribution >= 4 is 33.4 Å². The van der Waals surface area contributed by atoms with Crippen molar-refractivity contribution < 1.29 is 4.79 Å². The van der Waals surface area contributed by atoms with E-state index in [1.807, 2.05) is 6.92 Å². The Hall–Kier alpha value is -1.33. The summed E-state index contributed by atoms with van der Waals surface area (Å²) in [6.07, 6.45) is 1.70. The average molecular weight is 329 g/mol. The van der Waals surface area contributed by atoms with Gasteiger partial charge in [0.15, 0.2) is 0 Å². The SMILES string of the molecule is Cc1[nH]ncc1CNC(=O)c1ccc(Cl)c(Br)c1. The van der Waals surface area contributed by atoms with Crippen molar-refractivity contribution in [1.82, 2.24) is 15.5 Å². The van der Waals surface area contributed by atoms with Crippen LogP contribution >= 0.6 is 27.5 Å². The first-order chi connectivity index (χ1) is 8.58. The number of aryl methyl sites for hydroxylation is 1. The maximum absolute atomic E-state index is 11.9. The highest BCUT2D eigenvalue weighted by Gasteiger charge is 2.08. The molecule has 1 heterocycles. The number of aromatic amines is 1. The largest absolute Gasteiger partial charge is 0.348 e. The molecule has 0 unspecified atom stereocenters. The van der Waals surface area contributed by atoms with E-state index in [2.05, 4.69) is 31.4 Å². The first-order valence-corrected chi connectivity index (χ1v) is 6.47. The zero-order valence-corrected chi connectivity index (χ0v) is 12.0. The fourth-order valence-corrected chi connectivity index (χ4v) is 1.97. The fourth-order valence-electron chi connectivity index (χ4n) is 1.47. The lowest BCUT2D eigenvalue weighted by Gasteiger charge is -2.05. The van der Waals surface area contributed by atoms with Crippen LogP contribution in [0.2, 0.25) is 5.02 Å². The highest BCUT2D eigenvalue weighted by molar-refractivity contribution is 9.10. The number of nitrogens with zero attached hydrogens (tertiary/aromatic N) is 1. The Morgan fingerprint density at radius 2 is 2.33 bits per heavy atom. The van der Waals surface area contributed by atoms with Crippen molar-refractivity contribution in [1.29, 1.82) is 0 Å². The maximum atomic E-state index is 11.9. The Morgan fingerprint density at radius 3 is 2.94 bits per heavy atom. The van der Waals surface area contributed by atoms with Crippen LogP contribution in [0.15, 0.2) is 28.9 Å². The normalized spacial score (nSPS) is 10.4. The van der Waals surface area contributed by atoms with Crippen LogP contribution in [-0.2, 0) is 6.54 Å². The topological polar surface area (TPSA) is 57.8 Å². The van der Waals surface area contributed by atoms with E-state index in [0.29, 0.717) is 21.6 Å². The number of nitrogens with one attached hydrogen (secondary N) is 2. The monoisotopic (exact) mass is 327 g/mol. The van der Waals surface area contributed by atoms with Crippen LogP contribution in [0.1, 0.15) is 21.6 Å². The van der Waals surface area contributed by atoms with E-state index in [9.17, 15) is 4.79 Å². The van der Waals surface area contributed by atoms with Crippen molar-refractivity contribution in [2.75, 3.05) is 0 Å². The van der Waals surface area contributed by atoms with Crippen LogP contribution < -0.4 is 5.32 Å². The van der Waals surface area contributed by atoms with Crippen molar-refractivity contribution in [2.24, 2.45) is 0 Å². The van der Waals surface area contributed by atoms with Crippen LogP contribution in [0.3, 0.4) is 0 Å². The first-order valence-electron chi connectivity index (χ1n) is 5.30. The predicted octanol–water partition coefficient (Wildman–Crippen LogP) is 3.06. The summed E-state index contributed by atoms with van der Waals surface area (Å²) in [6, 6.07) is 5.06. The summed E-state index contributed by atoms with van der Waals surface area (Å²) in [5.41, 5.74) is 2.48. The molecular weight excluding hydrogens is 318 g/mol. The van der Waals surface area contributed by atoms with E-state index in [1.54, 1.807) is 24.4 Å². The van der Waals surface area contributed by atoms with E-state index in [4.69, 9.17) is 11.6 Å². The number of amides is 1. The van der Waals surface area contributed by atoms with Gasteiger partial charge in [-0.05, 0) is 41.1 Å². The van der Waals surface area contributed by atoms with Gasteiger partial charge in [-0.3, -0.25) is 9.89 Å². The second-order valence-electron chi connectivity index (χ2n) is 3.83. The summed E-state index contributed by atoms with van der Waals surface area (Å²) in [6.45, 7) is 2.36. The molecular formula is C12H11BrClN3O. The molecule has 0 aliphatic rings. The molecule has 0 radical (unpaired) electrons. The number of halogens is 2. The zero-order chi connectivity index (χ0) is 13.1. The van der Waals surface area contributed by atoms with E-state index in [-0.39, 0.29) is 5.91 Å². The molecule has 0 fully saturated rings. The molecule has 0 saturated heterocycles. The van der Waals surface area contributed by atoms with Crippen LogP contribution in [0.5, 0.6) is 0 Å². The van der Waals surface area contributed by atoms with Crippen molar-refractivity contribution in [3.8, 4) is 0 Å². The second-order valence-corrected chi connectivity index (χ2v) is 5.09. The van der Waals surface area contributed by atoms with Gasteiger partial charge in [0.1, 0.15) is 0 Å². The number of benzene rings is 1. The van der Waals surface area contributed by atoms with Gasteiger partial charge in [0, 0.05) is 27.8 Å². The Bertz CT molecular complexity index is 582. The van der Waals surface area contributed by atoms with Crippen molar-refractivity contribution in [2.45, 2.75) is 13.5 Å². The van der Waals surface area contributed by atoms with Gasteiger partial charge in [0.05, 0.1) is 11.2 Å². The lowest BCUT2D eigenvalue weighted by molar-refractivity contribution is 0.0951. The molecule has 1 aromatic carbocycles. The first kappa shape index (κ1) is 13.1. The van der Waals surface area contributed by atoms with Gasteiger partial charge in [-0.2, -0.15) is 5.10 Å². The summed E-state index contributed by atoms with van der Waals surface area (Å²) in [5, 5.41) is 10.1. The number of aromatic nitrogens is 2. The third-order valence-electron chi connectivity index (χ3n) is 2.56.